The maximum Gasteiger partial charge on any atom is 0.254 e. The monoisotopic (exact) mass is 338 g/mol. The van der Waals surface area contributed by atoms with Crippen LogP contribution < -0.4 is 0 Å². The number of methoxy groups -OCH3 is 1. The lowest BCUT2D eigenvalue weighted by Gasteiger charge is -2.43. The molecule has 1 spiro atoms. The van der Waals surface area contributed by atoms with Gasteiger partial charge in [-0.3, -0.25) is 9.69 Å². The molecule has 2 saturated heterocycles. The number of ether oxygens (including phenoxy) is 2. The van der Waals surface area contributed by atoms with Crippen molar-refractivity contribution in [1.29, 1.82) is 0 Å². The van der Waals surface area contributed by atoms with Crippen molar-refractivity contribution in [2.75, 3.05) is 59.7 Å². The van der Waals surface area contributed by atoms with E-state index in [4.69, 9.17) is 9.47 Å². The summed E-state index contributed by atoms with van der Waals surface area (Å²) in [5.74, 6) is 0.165. The fourth-order valence-corrected chi connectivity index (χ4v) is 4.32. The lowest BCUT2D eigenvalue weighted by Crippen LogP contribution is -2.52. The first-order valence-corrected chi connectivity index (χ1v) is 9.27. The van der Waals surface area contributed by atoms with Crippen molar-refractivity contribution >= 4 is 17.2 Å². The minimum absolute atomic E-state index is 0.0637. The number of rotatable bonds is 4. The fourth-order valence-electron chi connectivity index (χ4n) is 3.69. The van der Waals surface area contributed by atoms with Crippen LogP contribution in [-0.4, -0.2) is 75.4 Å². The van der Waals surface area contributed by atoms with E-state index in [-0.39, 0.29) is 11.3 Å². The van der Waals surface area contributed by atoms with Gasteiger partial charge >= 0.3 is 0 Å². The van der Waals surface area contributed by atoms with Gasteiger partial charge in [-0.15, -0.1) is 0 Å². The Balaban J connectivity index is 1.68. The molecule has 6 heteroatoms. The normalized spacial score (nSPS) is 26.4. The zero-order valence-corrected chi connectivity index (χ0v) is 14.6. The number of hydrogen-bond donors (Lipinski definition) is 0. The average Bonchev–Trinajstić information content (AvgIpc) is 3.03. The summed E-state index contributed by atoms with van der Waals surface area (Å²) in [5, 5.41) is 3.91. The summed E-state index contributed by atoms with van der Waals surface area (Å²) in [7, 11) is 1.74. The van der Waals surface area contributed by atoms with E-state index in [2.05, 4.69) is 4.90 Å². The van der Waals surface area contributed by atoms with Crippen LogP contribution in [0.5, 0.6) is 0 Å². The summed E-state index contributed by atoms with van der Waals surface area (Å²) < 4.78 is 11.1. The number of carbonyl (C=O) groups is 1. The fraction of sp³-hybridized carbons (Fsp3) is 0.706. The first-order chi connectivity index (χ1) is 11.2. The van der Waals surface area contributed by atoms with Gasteiger partial charge in [0.05, 0.1) is 25.4 Å². The smallest absolute Gasteiger partial charge is 0.254 e. The number of thiophene rings is 1. The molecule has 1 aromatic rings. The standard InChI is InChI=1S/C17H26N2O3S/c1-21-8-6-18-7-9-22-14-17(12-18)4-2-5-19(13-17)16(20)15-3-10-23-11-15/h3,10-11H,2,4-9,12-14H2,1H3. The molecule has 1 amide bonds. The number of piperidine rings is 1. The summed E-state index contributed by atoms with van der Waals surface area (Å²) in [6.45, 7) is 6.79. The molecule has 0 N–H and O–H groups in total. The molecule has 1 atom stereocenters. The second-order valence-corrected chi connectivity index (χ2v) is 7.44. The van der Waals surface area contributed by atoms with Crippen molar-refractivity contribution in [3.8, 4) is 0 Å². The lowest BCUT2D eigenvalue weighted by molar-refractivity contribution is 0.00622. The molecule has 2 aliphatic rings. The van der Waals surface area contributed by atoms with Crippen LogP contribution in [0.2, 0.25) is 0 Å². The van der Waals surface area contributed by atoms with Gasteiger partial charge in [0.15, 0.2) is 0 Å². The minimum atomic E-state index is 0.0637. The Bertz CT molecular complexity index is 508. The summed E-state index contributed by atoms with van der Waals surface area (Å²) in [5.41, 5.74) is 0.881. The topological polar surface area (TPSA) is 42.0 Å². The zero-order valence-electron chi connectivity index (χ0n) is 13.8. The molecule has 0 radical (unpaired) electrons. The zero-order chi connectivity index (χ0) is 16.1. The number of nitrogens with zero attached hydrogens (tertiary/aromatic N) is 2. The van der Waals surface area contributed by atoms with Crippen molar-refractivity contribution in [3.05, 3.63) is 22.4 Å². The Labute approximate surface area is 142 Å². The molecule has 1 aromatic heterocycles. The Morgan fingerprint density at radius 1 is 1.43 bits per heavy atom. The molecular weight excluding hydrogens is 312 g/mol. The molecule has 3 heterocycles. The molecule has 0 aromatic carbocycles. The number of likely N-dealkylation sites (tertiary alicyclic amines) is 1. The van der Waals surface area contributed by atoms with Crippen molar-refractivity contribution in [3.63, 3.8) is 0 Å². The predicted octanol–water partition coefficient (Wildman–Crippen LogP) is 1.95. The molecule has 23 heavy (non-hydrogen) atoms. The van der Waals surface area contributed by atoms with Gasteiger partial charge in [0.1, 0.15) is 0 Å². The predicted molar refractivity (Wildman–Crippen MR) is 91.0 cm³/mol. The average molecular weight is 338 g/mol. The van der Waals surface area contributed by atoms with E-state index >= 15 is 0 Å². The first-order valence-electron chi connectivity index (χ1n) is 8.33. The second kappa shape index (κ2) is 7.75. The van der Waals surface area contributed by atoms with Gasteiger partial charge in [-0.1, -0.05) is 0 Å². The van der Waals surface area contributed by atoms with Crippen LogP contribution in [0.4, 0.5) is 0 Å². The molecule has 1 unspecified atom stereocenters. The Morgan fingerprint density at radius 3 is 3.13 bits per heavy atom. The lowest BCUT2D eigenvalue weighted by atomic mass is 9.80. The summed E-state index contributed by atoms with van der Waals surface area (Å²) in [6.07, 6.45) is 2.18. The molecule has 0 bridgehead atoms. The molecular formula is C17H26N2O3S. The summed E-state index contributed by atoms with van der Waals surface area (Å²) in [4.78, 5) is 17.1. The maximum atomic E-state index is 12.7. The molecule has 2 aliphatic heterocycles. The Kier molecular flexibility index (Phi) is 5.69. The number of carbonyl (C=O) groups excluding carboxylic acids is 1. The third kappa shape index (κ3) is 4.12. The molecule has 0 aliphatic carbocycles. The highest BCUT2D eigenvalue weighted by Crippen LogP contribution is 2.33. The SMILES string of the molecule is COCCN1CCOCC2(CCCN(C(=O)c3ccsc3)C2)C1. The second-order valence-electron chi connectivity index (χ2n) is 6.66. The van der Waals surface area contributed by atoms with Gasteiger partial charge in [-0.05, 0) is 24.3 Å². The van der Waals surface area contributed by atoms with E-state index in [0.717, 1.165) is 70.9 Å². The highest BCUT2D eigenvalue weighted by molar-refractivity contribution is 7.08. The molecule has 5 nitrogen and oxygen atoms in total. The van der Waals surface area contributed by atoms with Crippen LogP contribution in [0.15, 0.2) is 16.8 Å². The van der Waals surface area contributed by atoms with Crippen LogP contribution in [-0.2, 0) is 9.47 Å². The highest BCUT2D eigenvalue weighted by atomic mass is 32.1. The van der Waals surface area contributed by atoms with E-state index in [1.807, 2.05) is 21.7 Å². The van der Waals surface area contributed by atoms with E-state index in [1.54, 1.807) is 18.4 Å². The Morgan fingerprint density at radius 2 is 2.35 bits per heavy atom. The van der Waals surface area contributed by atoms with Crippen LogP contribution >= 0.6 is 11.3 Å². The Hall–Kier alpha value is -0.950. The largest absolute Gasteiger partial charge is 0.383 e. The third-order valence-corrected chi connectivity index (χ3v) is 5.53. The van der Waals surface area contributed by atoms with Gasteiger partial charge in [0.2, 0.25) is 0 Å². The van der Waals surface area contributed by atoms with Crippen molar-refractivity contribution in [1.82, 2.24) is 9.80 Å². The highest BCUT2D eigenvalue weighted by Gasteiger charge is 2.40. The van der Waals surface area contributed by atoms with Gasteiger partial charge < -0.3 is 14.4 Å². The van der Waals surface area contributed by atoms with Crippen molar-refractivity contribution < 1.29 is 14.3 Å². The third-order valence-electron chi connectivity index (χ3n) is 4.85. The van der Waals surface area contributed by atoms with E-state index in [0.29, 0.717) is 0 Å². The molecule has 3 rings (SSSR count). The van der Waals surface area contributed by atoms with Crippen LogP contribution in [0.25, 0.3) is 0 Å². The van der Waals surface area contributed by atoms with E-state index < -0.39 is 0 Å². The van der Waals surface area contributed by atoms with Gasteiger partial charge in [-0.25, -0.2) is 0 Å². The summed E-state index contributed by atoms with van der Waals surface area (Å²) in [6, 6.07) is 1.92. The minimum Gasteiger partial charge on any atom is -0.383 e. The molecule has 128 valence electrons. The quantitative estimate of drug-likeness (QED) is 0.841. The van der Waals surface area contributed by atoms with E-state index in [1.165, 1.54) is 0 Å². The molecule has 2 fully saturated rings. The van der Waals surface area contributed by atoms with Crippen LogP contribution in [0.3, 0.4) is 0 Å². The number of hydrogen-bond acceptors (Lipinski definition) is 5. The van der Waals surface area contributed by atoms with Crippen molar-refractivity contribution in [2.24, 2.45) is 5.41 Å². The maximum absolute atomic E-state index is 12.7. The van der Waals surface area contributed by atoms with Gasteiger partial charge in [0.25, 0.3) is 5.91 Å². The number of amides is 1. The van der Waals surface area contributed by atoms with Gasteiger partial charge in [0, 0.05) is 50.6 Å². The van der Waals surface area contributed by atoms with E-state index in [9.17, 15) is 4.79 Å². The first kappa shape index (κ1) is 16.9. The molecule has 0 saturated carbocycles. The van der Waals surface area contributed by atoms with Crippen LogP contribution in [0.1, 0.15) is 23.2 Å². The van der Waals surface area contributed by atoms with Crippen molar-refractivity contribution in [2.45, 2.75) is 12.8 Å². The van der Waals surface area contributed by atoms with Gasteiger partial charge in [-0.2, -0.15) is 11.3 Å². The van der Waals surface area contributed by atoms with Crippen LogP contribution in [0, 0.1) is 5.41 Å². The summed E-state index contributed by atoms with van der Waals surface area (Å²) >= 11 is 1.58.